The molecule has 5 heteroatoms. The van der Waals surface area contributed by atoms with Gasteiger partial charge in [-0.05, 0) is 12.1 Å². The van der Waals surface area contributed by atoms with Gasteiger partial charge < -0.3 is 5.32 Å². The first-order valence-electron chi connectivity index (χ1n) is 5.22. The zero-order valence-corrected chi connectivity index (χ0v) is 8.77. The van der Waals surface area contributed by atoms with Crippen LogP contribution in [-0.4, -0.2) is 29.4 Å². The number of nitrogens with one attached hydrogen (secondary N) is 2. The summed E-state index contributed by atoms with van der Waals surface area (Å²) in [5.74, 6) is -0.439. The van der Waals surface area contributed by atoms with Gasteiger partial charge >= 0.3 is 0 Å². The fraction of sp³-hybridized carbons (Fsp3) is 0.364. The largest absolute Gasteiger partial charge is 0.305 e. The third-order valence-corrected chi connectivity index (χ3v) is 2.47. The number of pyridine rings is 1. The van der Waals surface area contributed by atoms with Crippen molar-refractivity contribution in [3.8, 4) is 0 Å². The van der Waals surface area contributed by atoms with E-state index in [9.17, 15) is 9.59 Å². The van der Waals surface area contributed by atoms with E-state index in [1.165, 1.54) is 0 Å². The third kappa shape index (κ3) is 2.64. The van der Waals surface area contributed by atoms with Crippen molar-refractivity contribution < 1.29 is 9.59 Å². The smallest absolute Gasteiger partial charge is 0.244 e. The highest BCUT2D eigenvalue weighted by Gasteiger charge is 2.29. The van der Waals surface area contributed by atoms with E-state index in [0.717, 1.165) is 12.1 Å². The predicted octanol–water partition coefficient (Wildman–Crippen LogP) is -0.371. The Kier molecular flexibility index (Phi) is 3.26. The van der Waals surface area contributed by atoms with Gasteiger partial charge in [-0.3, -0.25) is 19.9 Å². The van der Waals surface area contributed by atoms with E-state index in [0.29, 0.717) is 6.54 Å². The van der Waals surface area contributed by atoms with Crippen LogP contribution < -0.4 is 10.6 Å². The predicted molar refractivity (Wildman–Crippen MR) is 57.5 cm³/mol. The molecule has 1 fully saturated rings. The van der Waals surface area contributed by atoms with Gasteiger partial charge in [-0.15, -0.1) is 0 Å². The van der Waals surface area contributed by atoms with Crippen LogP contribution >= 0.6 is 0 Å². The zero-order valence-electron chi connectivity index (χ0n) is 8.77. The van der Waals surface area contributed by atoms with Gasteiger partial charge in [0.15, 0.2) is 0 Å². The second kappa shape index (κ2) is 4.85. The number of carbonyl (C=O) groups is 2. The second-order valence-electron chi connectivity index (χ2n) is 3.69. The molecule has 0 bridgehead atoms. The maximum atomic E-state index is 11.2. The first kappa shape index (κ1) is 10.8. The summed E-state index contributed by atoms with van der Waals surface area (Å²) in [6.45, 7) is 0.641. The molecule has 1 aliphatic heterocycles. The molecule has 5 nitrogen and oxygen atoms in total. The van der Waals surface area contributed by atoms with Crippen molar-refractivity contribution in [1.29, 1.82) is 0 Å². The second-order valence-corrected chi connectivity index (χ2v) is 3.69. The zero-order chi connectivity index (χ0) is 11.4. The van der Waals surface area contributed by atoms with Gasteiger partial charge in [0.1, 0.15) is 0 Å². The van der Waals surface area contributed by atoms with E-state index < -0.39 is 0 Å². The summed E-state index contributed by atoms with van der Waals surface area (Å²) >= 11 is 0. The third-order valence-electron chi connectivity index (χ3n) is 2.47. The Morgan fingerprint density at radius 2 is 2.31 bits per heavy atom. The van der Waals surface area contributed by atoms with Crippen molar-refractivity contribution in [3.63, 3.8) is 0 Å². The number of hydrogen-bond acceptors (Lipinski definition) is 4. The first-order chi connectivity index (χ1) is 7.75. The van der Waals surface area contributed by atoms with Crippen LogP contribution in [0.4, 0.5) is 0 Å². The number of nitrogens with zero attached hydrogens (tertiary/aromatic N) is 1. The molecule has 1 aromatic rings. The highest BCUT2D eigenvalue weighted by Crippen LogP contribution is 2.01. The minimum Gasteiger partial charge on any atom is -0.305 e. The summed E-state index contributed by atoms with van der Waals surface area (Å²) < 4.78 is 0. The molecule has 1 aliphatic rings. The van der Waals surface area contributed by atoms with Crippen LogP contribution in [-0.2, 0) is 16.0 Å². The maximum absolute atomic E-state index is 11.2. The van der Waals surface area contributed by atoms with Crippen LogP contribution in [0.5, 0.6) is 0 Å². The molecule has 2 rings (SSSR count). The Morgan fingerprint density at radius 3 is 2.94 bits per heavy atom. The lowest BCUT2D eigenvalue weighted by Crippen LogP contribution is -2.37. The molecule has 16 heavy (non-hydrogen) atoms. The molecular formula is C11H13N3O2. The van der Waals surface area contributed by atoms with Crippen LogP contribution in [0.15, 0.2) is 24.4 Å². The molecule has 0 aromatic carbocycles. The molecule has 0 radical (unpaired) electrons. The van der Waals surface area contributed by atoms with Gasteiger partial charge in [0.2, 0.25) is 11.8 Å². The Bertz CT molecular complexity index is 391. The Labute approximate surface area is 93.3 Å². The van der Waals surface area contributed by atoms with Gasteiger partial charge in [0.05, 0.1) is 12.5 Å². The minimum atomic E-state index is -0.379. The Balaban J connectivity index is 1.76. The number of amides is 2. The average molecular weight is 219 g/mol. The number of carbonyl (C=O) groups excluding carboxylic acids is 2. The SMILES string of the molecule is O=C1CC(NCCc2ccccn2)C(=O)N1. The normalized spacial score (nSPS) is 19.9. The van der Waals surface area contributed by atoms with Crippen molar-refractivity contribution in [2.24, 2.45) is 0 Å². The topological polar surface area (TPSA) is 71.1 Å². The summed E-state index contributed by atoms with van der Waals surface area (Å²) in [6.07, 6.45) is 2.72. The summed E-state index contributed by atoms with van der Waals surface area (Å²) in [4.78, 5) is 26.3. The summed E-state index contributed by atoms with van der Waals surface area (Å²) in [6, 6.07) is 5.34. The van der Waals surface area contributed by atoms with E-state index in [1.54, 1.807) is 6.20 Å². The number of hydrogen-bond donors (Lipinski definition) is 2. The first-order valence-corrected chi connectivity index (χ1v) is 5.22. The van der Waals surface area contributed by atoms with Crippen molar-refractivity contribution in [2.45, 2.75) is 18.9 Å². The minimum absolute atomic E-state index is 0.208. The number of aromatic nitrogens is 1. The van der Waals surface area contributed by atoms with Crippen molar-refractivity contribution >= 4 is 11.8 Å². The number of rotatable bonds is 4. The monoisotopic (exact) mass is 219 g/mol. The van der Waals surface area contributed by atoms with Gasteiger partial charge in [-0.2, -0.15) is 0 Å². The van der Waals surface area contributed by atoms with E-state index >= 15 is 0 Å². The van der Waals surface area contributed by atoms with E-state index in [2.05, 4.69) is 15.6 Å². The van der Waals surface area contributed by atoms with Crippen molar-refractivity contribution in [2.75, 3.05) is 6.54 Å². The Hall–Kier alpha value is -1.75. The lowest BCUT2D eigenvalue weighted by Gasteiger charge is -2.07. The fourth-order valence-corrected chi connectivity index (χ4v) is 1.64. The molecule has 0 aliphatic carbocycles. The van der Waals surface area contributed by atoms with Crippen LogP contribution in [0.25, 0.3) is 0 Å². The summed E-state index contributed by atoms with van der Waals surface area (Å²) in [7, 11) is 0. The molecule has 0 saturated carbocycles. The lowest BCUT2D eigenvalue weighted by molar-refractivity contribution is -0.125. The fourth-order valence-electron chi connectivity index (χ4n) is 1.64. The highest BCUT2D eigenvalue weighted by atomic mass is 16.2. The van der Waals surface area contributed by atoms with Crippen LogP contribution in [0.3, 0.4) is 0 Å². The van der Waals surface area contributed by atoms with E-state index in [1.807, 2.05) is 18.2 Å². The van der Waals surface area contributed by atoms with E-state index in [-0.39, 0.29) is 24.3 Å². The summed E-state index contributed by atoms with van der Waals surface area (Å²) in [5, 5.41) is 5.30. The molecular weight excluding hydrogens is 206 g/mol. The lowest BCUT2D eigenvalue weighted by atomic mass is 10.2. The number of imide groups is 1. The average Bonchev–Trinajstić information content (AvgIpc) is 2.59. The molecule has 2 heterocycles. The van der Waals surface area contributed by atoms with E-state index in [4.69, 9.17) is 0 Å². The molecule has 1 saturated heterocycles. The van der Waals surface area contributed by atoms with Gasteiger partial charge in [0, 0.05) is 24.9 Å². The van der Waals surface area contributed by atoms with Crippen LogP contribution in [0, 0.1) is 0 Å². The quantitative estimate of drug-likeness (QED) is 0.678. The molecule has 2 N–H and O–H groups in total. The summed E-state index contributed by atoms with van der Waals surface area (Å²) in [5.41, 5.74) is 0.972. The van der Waals surface area contributed by atoms with Crippen molar-refractivity contribution in [1.82, 2.24) is 15.6 Å². The Morgan fingerprint density at radius 1 is 1.44 bits per heavy atom. The standard InChI is InChI=1S/C11H13N3O2/c15-10-7-9(11(16)14-10)13-6-4-8-3-1-2-5-12-8/h1-3,5,9,13H,4,6-7H2,(H,14,15,16). The van der Waals surface area contributed by atoms with Gasteiger partial charge in [0.25, 0.3) is 0 Å². The molecule has 0 spiro atoms. The van der Waals surface area contributed by atoms with Gasteiger partial charge in [-0.25, -0.2) is 0 Å². The van der Waals surface area contributed by atoms with Crippen molar-refractivity contribution in [3.05, 3.63) is 30.1 Å². The molecule has 2 amide bonds. The van der Waals surface area contributed by atoms with Crippen LogP contribution in [0.1, 0.15) is 12.1 Å². The van der Waals surface area contributed by atoms with Gasteiger partial charge in [-0.1, -0.05) is 6.07 Å². The maximum Gasteiger partial charge on any atom is 0.244 e. The molecule has 1 aromatic heterocycles. The molecule has 84 valence electrons. The highest BCUT2D eigenvalue weighted by molar-refractivity contribution is 6.05. The molecule has 1 atom stereocenters. The molecule has 1 unspecified atom stereocenters. The van der Waals surface area contributed by atoms with Crippen LogP contribution in [0.2, 0.25) is 0 Å².